The largest absolute Gasteiger partial charge is 0.361 e. The molecule has 3 rings (SSSR count). The van der Waals surface area contributed by atoms with Crippen molar-refractivity contribution in [2.75, 3.05) is 6.54 Å². The quantitative estimate of drug-likeness (QED) is 0.867. The molecule has 19 heavy (non-hydrogen) atoms. The van der Waals surface area contributed by atoms with E-state index in [4.69, 9.17) is 0 Å². The van der Waals surface area contributed by atoms with E-state index in [2.05, 4.69) is 10.3 Å². The minimum Gasteiger partial charge on any atom is -0.361 e. The Kier molecular flexibility index (Phi) is 3.53. The number of fused-ring (bicyclic) bond motifs is 1. The number of amides is 1. The number of hydrogen-bond donors (Lipinski definition) is 2. The van der Waals surface area contributed by atoms with Gasteiger partial charge in [0.15, 0.2) is 0 Å². The summed E-state index contributed by atoms with van der Waals surface area (Å²) in [6, 6.07) is 7.83. The molecule has 100 valence electrons. The van der Waals surface area contributed by atoms with Crippen molar-refractivity contribution < 1.29 is 4.79 Å². The summed E-state index contributed by atoms with van der Waals surface area (Å²) in [6.07, 6.45) is 8.37. The van der Waals surface area contributed by atoms with Crippen molar-refractivity contribution in [1.82, 2.24) is 10.3 Å². The first-order valence-corrected chi connectivity index (χ1v) is 7.19. The second-order valence-electron chi connectivity index (χ2n) is 5.46. The molecule has 0 atom stereocenters. The lowest BCUT2D eigenvalue weighted by Gasteiger charge is -2.21. The number of carbonyl (C=O) groups is 1. The molecule has 1 aromatic heterocycles. The number of nitrogens with one attached hydrogen (secondary N) is 2. The number of para-hydroxylation sites is 1. The van der Waals surface area contributed by atoms with Gasteiger partial charge in [-0.3, -0.25) is 4.79 Å². The molecule has 1 aliphatic carbocycles. The van der Waals surface area contributed by atoms with Crippen LogP contribution in [0.5, 0.6) is 0 Å². The summed E-state index contributed by atoms with van der Waals surface area (Å²) in [5.41, 5.74) is 1.68. The maximum absolute atomic E-state index is 12.3. The Labute approximate surface area is 113 Å². The Hall–Kier alpha value is -1.77. The van der Waals surface area contributed by atoms with Crippen molar-refractivity contribution >= 4 is 16.8 Å². The van der Waals surface area contributed by atoms with Crippen molar-refractivity contribution in [3.63, 3.8) is 0 Å². The highest BCUT2D eigenvalue weighted by molar-refractivity contribution is 6.05. The van der Waals surface area contributed by atoms with Crippen molar-refractivity contribution in [3.8, 4) is 0 Å². The molecule has 1 saturated carbocycles. The van der Waals surface area contributed by atoms with E-state index in [1.54, 1.807) is 0 Å². The minimum absolute atomic E-state index is 0.0404. The number of rotatable bonds is 3. The van der Waals surface area contributed by atoms with Crippen LogP contribution in [0.1, 0.15) is 42.5 Å². The zero-order valence-electron chi connectivity index (χ0n) is 11.1. The maximum atomic E-state index is 12.3. The number of benzene rings is 1. The number of aromatic amines is 1. The van der Waals surface area contributed by atoms with Gasteiger partial charge < -0.3 is 10.3 Å². The molecule has 2 N–H and O–H groups in total. The molecular weight excluding hydrogens is 236 g/mol. The van der Waals surface area contributed by atoms with E-state index in [1.807, 2.05) is 30.5 Å². The predicted octanol–water partition coefficient (Wildman–Crippen LogP) is 3.48. The average molecular weight is 256 g/mol. The zero-order valence-corrected chi connectivity index (χ0v) is 11.1. The molecule has 1 fully saturated rings. The average Bonchev–Trinajstić information content (AvgIpc) is 2.94. The first kappa shape index (κ1) is 12.3. The van der Waals surface area contributed by atoms with Crippen LogP contribution >= 0.6 is 0 Å². The molecule has 3 nitrogen and oxygen atoms in total. The summed E-state index contributed by atoms with van der Waals surface area (Å²) in [5, 5.41) is 4.18. The molecule has 0 unspecified atom stereocenters. The van der Waals surface area contributed by atoms with Gasteiger partial charge in [-0.2, -0.15) is 0 Å². The molecule has 0 radical (unpaired) electrons. The Bertz CT molecular complexity index is 567. The van der Waals surface area contributed by atoms with Gasteiger partial charge in [0.05, 0.1) is 11.1 Å². The predicted molar refractivity (Wildman–Crippen MR) is 77.2 cm³/mol. The Balaban J connectivity index is 1.68. The number of carbonyl (C=O) groups excluding carboxylic acids is 1. The topological polar surface area (TPSA) is 44.9 Å². The van der Waals surface area contributed by atoms with Crippen LogP contribution in [-0.4, -0.2) is 17.4 Å². The SMILES string of the molecule is O=C(NCC1CCCCC1)c1cccc2cc[nH]c12. The van der Waals surface area contributed by atoms with Crippen LogP contribution in [-0.2, 0) is 0 Å². The van der Waals surface area contributed by atoms with Gasteiger partial charge >= 0.3 is 0 Å². The van der Waals surface area contributed by atoms with E-state index in [-0.39, 0.29) is 5.91 Å². The molecule has 1 amide bonds. The minimum atomic E-state index is 0.0404. The Morgan fingerprint density at radius 1 is 1.21 bits per heavy atom. The van der Waals surface area contributed by atoms with Crippen molar-refractivity contribution in [1.29, 1.82) is 0 Å². The first-order chi connectivity index (χ1) is 9.34. The highest BCUT2D eigenvalue weighted by atomic mass is 16.1. The van der Waals surface area contributed by atoms with E-state index in [0.29, 0.717) is 5.92 Å². The molecule has 1 heterocycles. The van der Waals surface area contributed by atoms with E-state index >= 15 is 0 Å². The van der Waals surface area contributed by atoms with Gasteiger partial charge in [-0.05, 0) is 30.9 Å². The van der Waals surface area contributed by atoms with E-state index in [1.165, 1.54) is 32.1 Å². The van der Waals surface area contributed by atoms with Crippen molar-refractivity contribution in [2.24, 2.45) is 5.92 Å². The monoisotopic (exact) mass is 256 g/mol. The molecule has 1 aromatic carbocycles. The normalized spacial score (nSPS) is 16.6. The summed E-state index contributed by atoms with van der Waals surface area (Å²) in [6.45, 7) is 0.815. The number of hydrogen-bond acceptors (Lipinski definition) is 1. The molecule has 0 saturated heterocycles. The molecule has 0 aliphatic heterocycles. The molecule has 0 spiro atoms. The lowest BCUT2D eigenvalue weighted by molar-refractivity contribution is 0.0945. The van der Waals surface area contributed by atoms with Gasteiger partial charge in [-0.15, -0.1) is 0 Å². The first-order valence-electron chi connectivity index (χ1n) is 7.19. The molecule has 1 aliphatic rings. The molecular formula is C16H20N2O. The lowest BCUT2D eigenvalue weighted by atomic mass is 9.89. The van der Waals surface area contributed by atoms with Crippen LogP contribution in [0.3, 0.4) is 0 Å². The summed E-state index contributed by atoms with van der Waals surface area (Å²) >= 11 is 0. The van der Waals surface area contributed by atoms with E-state index in [0.717, 1.165) is 23.0 Å². The summed E-state index contributed by atoms with van der Waals surface area (Å²) in [4.78, 5) is 15.4. The van der Waals surface area contributed by atoms with E-state index < -0.39 is 0 Å². The Morgan fingerprint density at radius 2 is 2.05 bits per heavy atom. The van der Waals surface area contributed by atoms with Crippen molar-refractivity contribution in [2.45, 2.75) is 32.1 Å². The summed E-state index contributed by atoms with van der Waals surface area (Å²) < 4.78 is 0. The van der Waals surface area contributed by atoms with Crippen LogP contribution in [0.4, 0.5) is 0 Å². The van der Waals surface area contributed by atoms with Gasteiger partial charge in [-0.25, -0.2) is 0 Å². The summed E-state index contributed by atoms with van der Waals surface area (Å²) in [5.74, 6) is 0.708. The highest BCUT2D eigenvalue weighted by Crippen LogP contribution is 2.23. The van der Waals surface area contributed by atoms with E-state index in [9.17, 15) is 4.79 Å². The van der Waals surface area contributed by atoms with Gasteiger partial charge in [0, 0.05) is 18.1 Å². The van der Waals surface area contributed by atoms with Crippen LogP contribution in [0.15, 0.2) is 30.5 Å². The number of aromatic nitrogens is 1. The fraction of sp³-hybridized carbons (Fsp3) is 0.438. The van der Waals surface area contributed by atoms with Gasteiger partial charge in [-0.1, -0.05) is 31.4 Å². The van der Waals surface area contributed by atoms with Gasteiger partial charge in [0.1, 0.15) is 0 Å². The Morgan fingerprint density at radius 3 is 2.89 bits per heavy atom. The third-order valence-electron chi connectivity index (χ3n) is 4.11. The number of H-pyrrole nitrogens is 1. The third-order valence-corrected chi connectivity index (χ3v) is 4.11. The second kappa shape index (κ2) is 5.47. The highest BCUT2D eigenvalue weighted by Gasteiger charge is 2.16. The second-order valence-corrected chi connectivity index (χ2v) is 5.46. The van der Waals surface area contributed by atoms with Crippen molar-refractivity contribution in [3.05, 3.63) is 36.0 Å². The van der Waals surface area contributed by atoms with Gasteiger partial charge in [0.2, 0.25) is 0 Å². The van der Waals surface area contributed by atoms with Crippen LogP contribution in [0.25, 0.3) is 10.9 Å². The fourth-order valence-electron chi connectivity index (χ4n) is 3.00. The van der Waals surface area contributed by atoms with Gasteiger partial charge in [0.25, 0.3) is 5.91 Å². The zero-order chi connectivity index (χ0) is 13.1. The summed E-state index contributed by atoms with van der Waals surface area (Å²) in [7, 11) is 0. The smallest absolute Gasteiger partial charge is 0.253 e. The standard InChI is InChI=1S/C16H20N2O/c19-16(18-11-12-5-2-1-3-6-12)14-8-4-7-13-9-10-17-15(13)14/h4,7-10,12,17H,1-3,5-6,11H2,(H,18,19). The maximum Gasteiger partial charge on any atom is 0.253 e. The fourth-order valence-corrected chi connectivity index (χ4v) is 3.00. The third kappa shape index (κ3) is 2.65. The van der Waals surface area contributed by atoms with Crippen LogP contribution < -0.4 is 5.32 Å². The van der Waals surface area contributed by atoms with Crippen LogP contribution in [0.2, 0.25) is 0 Å². The molecule has 2 aromatic rings. The lowest BCUT2D eigenvalue weighted by Crippen LogP contribution is -2.30. The van der Waals surface area contributed by atoms with Crippen LogP contribution in [0, 0.1) is 5.92 Å². The molecule has 0 bridgehead atoms. The molecule has 3 heteroatoms.